The molecule has 0 unspecified atom stereocenters. The average Bonchev–Trinajstić information content (AvgIpc) is 1.98. The Bertz CT molecular complexity index is 222. The van der Waals surface area contributed by atoms with Gasteiger partial charge in [0.15, 0.2) is 0 Å². The van der Waals surface area contributed by atoms with Crippen LogP contribution in [0.25, 0.3) is 0 Å². The molecule has 0 aromatic rings. The number of carboxylic acid groups (broad SMARTS) is 1. The van der Waals surface area contributed by atoms with Crippen LogP contribution >= 0.6 is 0 Å². The summed E-state index contributed by atoms with van der Waals surface area (Å²) >= 11 is 0. The van der Waals surface area contributed by atoms with E-state index in [1.807, 2.05) is 0 Å². The fourth-order valence-electron chi connectivity index (χ4n) is 0.491. The van der Waals surface area contributed by atoms with Crippen molar-refractivity contribution in [3.63, 3.8) is 0 Å². The number of carbonyl (C=O) groups is 2. The van der Waals surface area contributed by atoms with Gasteiger partial charge in [-0.3, -0.25) is 4.79 Å². The molecule has 5 heteroatoms. The SMILES string of the molecule is C=CCOC(=O)C(=C)CC(=O)O.[PbH2]. The first-order chi connectivity index (χ1) is 5.57. The summed E-state index contributed by atoms with van der Waals surface area (Å²) in [5.74, 6) is -1.80. The first kappa shape index (κ1) is 14.8. The zero-order chi connectivity index (χ0) is 9.56. The summed E-state index contributed by atoms with van der Waals surface area (Å²) in [5.41, 5.74) is -0.0654. The second kappa shape index (κ2) is 7.96. The normalized spacial score (nSPS) is 8.00. The van der Waals surface area contributed by atoms with Gasteiger partial charge in [-0.2, -0.15) is 0 Å². The number of aliphatic carboxylic acids is 1. The number of carboxylic acids is 1. The van der Waals surface area contributed by atoms with E-state index in [0.717, 1.165) is 0 Å². The third-order valence-corrected chi connectivity index (χ3v) is 0.986. The van der Waals surface area contributed by atoms with Crippen molar-refractivity contribution in [1.29, 1.82) is 0 Å². The Morgan fingerprint density at radius 3 is 2.38 bits per heavy atom. The van der Waals surface area contributed by atoms with Gasteiger partial charge in [-0.15, -0.1) is 0 Å². The standard InChI is InChI=1S/C8H10O4.Pb.2H/c1-3-4-12-8(11)6(2)5-7(9)10;;;/h3H,1-2,4-5H2,(H,9,10);;;. The van der Waals surface area contributed by atoms with Gasteiger partial charge in [0.1, 0.15) is 6.61 Å². The molecule has 0 aromatic heterocycles. The minimum absolute atomic E-state index is 0. The molecule has 72 valence electrons. The molecule has 0 aromatic carbocycles. The Morgan fingerprint density at radius 1 is 1.46 bits per heavy atom. The van der Waals surface area contributed by atoms with Crippen molar-refractivity contribution in [1.82, 2.24) is 0 Å². The van der Waals surface area contributed by atoms with Crippen molar-refractivity contribution < 1.29 is 19.4 Å². The molecule has 0 amide bonds. The van der Waals surface area contributed by atoms with Gasteiger partial charge in [-0.1, -0.05) is 19.2 Å². The first-order valence-electron chi connectivity index (χ1n) is 3.25. The molecular formula is C8H12O4Pb. The van der Waals surface area contributed by atoms with Crippen LogP contribution < -0.4 is 0 Å². The fourth-order valence-corrected chi connectivity index (χ4v) is 0.491. The molecule has 4 nitrogen and oxygen atoms in total. The van der Waals surface area contributed by atoms with Crippen LogP contribution in [0.4, 0.5) is 0 Å². The molecule has 13 heavy (non-hydrogen) atoms. The molecule has 0 spiro atoms. The van der Waals surface area contributed by atoms with E-state index in [0.29, 0.717) is 0 Å². The molecule has 0 bridgehead atoms. The van der Waals surface area contributed by atoms with Crippen molar-refractivity contribution in [2.24, 2.45) is 0 Å². The Hall–Kier alpha value is -0.658. The van der Waals surface area contributed by atoms with E-state index in [9.17, 15) is 9.59 Å². The molecule has 0 aliphatic heterocycles. The molecule has 0 saturated heterocycles. The summed E-state index contributed by atoms with van der Waals surface area (Å²) in [6.45, 7) is 6.65. The maximum atomic E-state index is 10.8. The monoisotopic (exact) mass is 380 g/mol. The summed E-state index contributed by atoms with van der Waals surface area (Å²) < 4.78 is 4.53. The molecular weight excluding hydrogens is 367 g/mol. The van der Waals surface area contributed by atoms with E-state index in [-0.39, 0.29) is 39.5 Å². The summed E-state index contributed by atoms with van der Waals surface area (Å²) in [5, 5.41) is 8.27. The van der Waals surface area contributed by atoms with Crippen LogP contribution in [0.3, 0.4) is 0 Å². The number of esters is 1. The molecule has 0 rings (SSSR count). The summed E-state index contributed by atoms with van der Waals surface area (Å²) in [7, 11) is 0. The van der Waals surface area contributed by atoms with Crippen LogP contribution in [-0.2, 0) is 14.3 Å². The molecule has 0 fully saturated rings. The number of carbonyl (C=O) groups excluding carboxylic acids is 1. The van der Waals surface area contributed by atoms with Gasteiger partial charge in [-0.05, 0) is 0 Å². The predicted octanol–water partition coefficient (Wildman–Crippen LogP) is -0.170. The molecule has 0 saturated carbocycles. The quantitative estimate of drug-likeness (QED) is 0.312. The Balaban J connectivity index is 0. The topological polar surface area (TPSA) is 63.6 Å². The summed E-state index contributed by atoms with van der Waals surface area (Å²) in [6.07, 6.45) is 1.00. The van der Waals surface area contributed by atoms with E-state index in [4.69, 9.17) is 5.11 Å². The maximum absolute atomic E-state index is 10.8. The third kappa shape index (κ3) is 7.69. The average molecular weight is 379 g/mol. The van der Waals surface area contributed by atoms with Gasteiger partial charge < -0.3 is 9.84 Å². The fraction of sp³-hybridized carbons (Fsp3) is 0.250. The van der Waals surface area contributed by atoms with Gasteiger partial charge in [0.25, 0.3) is 0 Å². The summed E-state index contributed by atoms with van der Waals surface area (Å²) in [4.78, 5) is 20.9. The Kier molecular flexibility index (Phi) is 9.09. The van der Waals surface area contributed by atoms with Crippen molar-refractivity contribution in [2.45, 2.75) is 6.42 Å². The zero-order valence-electron chi connectivity index (χ0n) is 7.28. The van der Waals surface area contributed by atoms with Crippen molar-refractivity contribution in [2.75, 3.05) is 6.61 Å². The third-order valence-electron chi connectivity index (χ3n) is 0.986. The van der Waals surface area contributed by atoms with Gasteiger partial charge >= 0.3 is 39.2 Å². The van der Waals surface area contributed by atoms with Gasteiger partial charge in [0.05, 0.1) is 6.42 Å². The van der Waals surface area contributed by atoms with E-state index >= 15 is 0 Å². The van der Waals surface area contributed by atoms with E-state index in [2.05, 4.69) is 17.9 Å². The van der Waals surface area contributed by atoms with Crippen LogP contribution in [0.15, 0.2) is 24.8 Å². The second-order valence-corrected chi connectivity index (χ2v) is 2.06. The molecule has 2 radical (unpaired) electrons. The van der Waals surface area contributed by atoms with Gasteiger partial charge in [0.2, 0.25) is 0 Å². The van der Waals surface area contributed by atoms with E-state index in [1.54, 1.807) is 0 Å². The van der Waals surface area contributed by atoms with Crippen molar-refractivity contribution >= 4 is 39.2 Å². The zero-order valence-corrected chi connectivity index (χ0v) is 12.8. The van der Waals surface area contributed by atoms with Crippen molar-refractivity contribution in [3.8, 4) is 0 Å². The molecule has 0 heterocycles. The van der Waals surface area contributed by atoms with E-state index < -0.39 is 18.4 Å². The molecule has 0 aliphatic carbocycles. The molecule has 0 aliphatic rings. The van der Waals surface area contributed by atoms with Gasteiger partial charge in [0, 0.05) is 5.57 Å². The van der Waals surface area contributed by atoms with Gasteiger partial charge in [-0.25, -0.2) is 4.79 Å². The van der Waals surface area contributed by atoms with Crippen LogP contribution in [0.1, 0.15) is 6.42 Å². The number of hydrogen-bond acceptors (Lipinski definition) is 3. The molecule has 1 N–H and O–H groups in total. The Morgan fingerprint density at radius 2 is 2.00 bits per heavy atom. The predicted molar refractivity (Wildman–Crippen MR) is 51.1 cm³/mol. The summed E-state index contributed by atoms with van der Waals surface area (Å²) in [6, 6.07) is 0. The van der Waals surface area contributed by atoms with Crippen LogP contribution in [0.5, 0.6) is 0 Å². The minimum atomic E-state index is -1.10. The Labute approximate surface area is 96.4 Å². The second-order valence-electron chi connectivity index (χ2n) is 2.06. The number of ether oxygens (including phenoxy) is 1. The van der Waals surface area contributed by atoms with Crippen molar-refractivity contribution in [3.05, 3.63) is 24.8 Å². The molecule has 0 atom stereocenters. The van der Waals surface area contributed by atoms with Crippen LogP contribution in [-0.4, -0.2) is 51.0 Å². The van der Waals surface area contributed by atoms with Crippen LogP contribution in [0.2, 0.25) is 0 Å². The van der Waals surface area contributed by atoms with E-state index in [1.165, 1.54) is 6.08 Å². The number of rotatable bonds is 5. The first-order valence-corrected chi connectivity index (χ1v) is 3.25. The number of hydrogen-bond donors (Lipinski definition) is 1. The van der Waals surface area contributed by atoms with Crippen LogP contribution in [0, 0.1) is 0 Å².